The molecule has 0 amide bonds. The van der Waals surface area contributed by atoms with Gasteiger partial charge in [-0.1, -0.05) is 6.07 Å². The van der Waals surface area contributed by atoms with Crippen LogP contribution < -0.4 is 4.74 Å². The maximum absolute atomic E-state index is 13.7. The van der Waals surface area contributed by atoms with E-state index < -0.39 is 29.6 Å². The van der Waals surface area contributed by atoms with Crippen molar-refractivity contribution in [3.63, 3.8) is 0 Å². The van der Waals surface area contributed by atoms with Gasteiger partial charge < -0.3 is 19.2 Å². The highest BCUT2D eigenvalue weighted by Gasteiger charge is 2.27. The van der Waals surface area contributed by atoms with E-state index in [1.54, 1.807) is 26.8 Å². The molecular weight excluding hydrogens is 381 g/mol. The smallest absolute Gasteiger partial charge is 0.340 e. The van der Waals surface area contributed by atoms with Crippen LogP contribution in [0.3, 0.4) is 0 Å². The van der Waals surface area contributed by atoms with Crippen LogP contribution >= 0.6 is 0 Å². The van der Waals surface area contributed by atoms with Crippen LogP contribution in [0.15, 0.2) is 18.2 Å². The Morgan fingerprint density at radius 1 is 1.21 bits per heavy atom. The van der Waals surface area contributed by atoms with Gasteiger partial charge in [-0.15, -0.1) is 0 Å². The zero-order valence-electron chi connectivity index (χ0n) is 17.1. The van der Waals surface area contributed by atoms with Crippen molar-refractivity contribution in [1.82, 2.24) is 4.98 Å². The Hall–Kier alpha value is -3.16. The van der Waals surface area contributed by atoms with E-state index in [4.69, 9.17) is 14.2 Å². The molecular formula is C21H24FNO6. The average Bonchev–Trinajstić information content (AvgIpc) is 2.95. The first-order chi connectivity index (χ1) is 13.7. The van der Waals surface area contributed by atoms with Crippen molar-refractivity contribution in [1.29, 1.82) is 0 Å². The first-order valence-corrected chi connectivity index (χ1v) is 9.11. The Labute approximate surface area is 168 Å². The highest BCUT2D eigenvalue weighted by molar-refractivity contribution is 6.04. The van der Waals surface area contributed by atoms with Crippen LogP contribution in [0.2, 0.25) is 0 Å². The summed E-state index contributed by atoms with van der Waals surface area (Å²) in [7, 11) is 1.34. The molecule has 0 radical (unpaired) electrons. The van der Waals surface area contributed by atoms with Crippen molar-refractivity contribution < 1.29 is 33.0 Å². The number of rotatable bonds is 8. The van der Waals surface area contributed by atoms with E-state index >= 15 is 0 Å². The molecule has 2 aromatic rings. The third-order valence-electron chi connectivity index (χ3n) is 4.41. The number of ether oxygens (including phenoxy) is 3. The Morgan fingerprint density at radius 3 is 2.48 bits per heavy atom. The van der Waals surface area contributed by atoms with Gasteiger partial charge in [-0.05, 0) is 51.0 Å². The minimum atomic E-state index is -1.09. The van der Waals surface area contributed by atoms with Crippen LogP contribution in [0.25, 0.3) is 0 Å². The first kappa shape index (κ1) is 22.1. The van der Waals surface area contributed by atoms with Crippen molar-refractivity contribution in [2.24, 2.45) is 0 Å². The second-order valence-electron chi connectivity index (χ2n) is 6.49. The SMILES string of the molecule is CCOC(=O)c1c(C)[nH]c(C(=O)[C@H](C)OC(=O)Cc2ccc(OC)c(F)c2)c1C. The van der Waals surface area contributed by atoms with Crippen molar-refractivity contribution in [2.45, 2.75) is 40.2 Å². The number of nitrogens with one attached hydrogen (secondary N) is 1. The summed E-state index contributed by atoms with van der Waals surface area (Å²) in [5, 5.41) is 0. The third kappa shape index (κ3) is 5.01. The molecule has 0 unspecified atom stereocenters. The minimum absolute atomic E-state index is 0.0701. The summed E-state index contributed by atoms with van der Waals surface area (Å²) in [5.41, 5.74) is 1.80. The van der Waals surface area contributed by atoms with Gasteiger partial charge in [0.15, 0.2) is 17.7 Å². The number of hydrogen-bond donors (Lipinski definition) is 1. The number of carbonyl (C=O) groups is 3. The van der Waals surface area contributed by atoms with Gasteiger partial charge in [-0.2, -0.15) is 0 Å². The molecule has 0 fully saturated rings. The summed E-state index contributed by atoms with van der Waals surface area (Å²) in [4.78, 5) is 39.8. The van der Waals surface area contributed by atoms with Crippen LogP contribution in [-0.2, 0) is 20.7 Å². The molecule has 29 heavy (non-hydrogen) atoms. The second kappa shape index (κ2) is 9.36. The number of hydrogen-bond acceptors (Lipinski definition) is 6. The number of benzene rings is 1. The highest BCUT2D eigenvalue weighted by Crippen LogP contribution is 2.22. The zero-order chi connectivity index (χ0) is 21.7. The average molecular weight is 405 g/mol. The number of esters is 2. The standard InChI is InChI=1S/C21H24FNO6/c1-6-28-21(26)18-11(2)19(23-12(18)3)20(25)13(4)29-17(24)10-14-7-8-16(27-5)15(22)9-14/h7-9,13,23H,6,10H2,1-5H3/t13-/m0/s1. The fraction of sp³-hybridized carbons (Fsp3) is 0.381. The summed E-state index contributed by atoms with van der Waals surface area (Å²) in [6.07, 6.45) is -1.28. The number of aromatic amines is 1. The van der Waals surface area contributed by atoms with Gasteiger partial charge in [0, 0.05) is 5.69 Å². The fourth-order valence-corrected chi connectivity index (χ4v) is 2.99. The number of halogens is 1. The van der Waals surface area contributed by atoms with Crippen LogP contribution in [0.4, 0.5) is 4.39 Å². The molecule has 0 saturated heterocycles. The van der Waals surface area contributed by atoms with E-state index in [-0.39, 0.29) is 24.5 Å². The fourth-order valence-electron chi connectivity index (χ4n) is 2.99. The Kier molecular flexibility index (Phi) is 7.14. The highest BCUT2D eigenvalue weighted by atomic mass is 19.1. The summed E-state index contributed by atoms with van der Waals surface area (Å²) in [6, 6.07) is 4.13. The molecule has 0 aliphatic carbocycles. The molecule has 156 valence electrons. The molecule has 7 nitrogen and oxygen atoms in total. The molecule has 0 saturated carbocycles. The number of Topliss-reactive ketones (excluding diaryl/α,β-unsaturated/α-hetero) is 1. The normalized spacial score (nSPS) is 11.7. The van der Waals surface area contributed by atoms with Crippen molar-refractivity contribution in [3.8, 4) is 5.75 Å². The quantitative estimate of drug-likeness (QED) is 0.535. The maximum Gasteiger partial charge on any atom is 0.340 e. The lowest BCUT2D eigenvalue weighted by molar-refractivity contribution is -0.145. The second-order valence-corrected chi connectivity index (χ2v) is 6.49. The summed E-state index contributed by atoms with van der Waals surface area (Å²) in [5.74, 6) is -2.20. The molecule has 1 atom stereocenters. The monoisotopic (exact) mass is 405 g/mol. The summed E-state index contributed by atoms with van der Waals surface area (Å²) in [6.45, 7) is 6.63. The summed E-state index contributed by atoms with van der Waals surface area (Å²) < 4.78 is 28.8. The molecule has 2 rings (SSSR count). The Morgan fingerprint density at radius 2 is 1.90 bits per heavy atom. The van der Waals surface area contributed by atoms with Crippen LogP contribution in [-0.4, -0.2) is 42.5 Å². The molecule has 1 heterocycles. The Bertz CT molecular complexity index is 933. The molecule has 8 heteroatoms. The van der Waals surface area contributed by atoms with Gasteiger partial charge in [0.1, 0.15) is 0 Å². The number of carbonyl (C=O) groups excluding carboxylic acids is 3. The van der Waals surface area contributed by atoms with E-state index in [2.05, 4.69) is 4.98 Å². The van der Waals surface area contributed by atoms with Crippen LogP contribution in [0, 0.1) is 19.7 Å². The van der Waals surface area contributed by atoms with Crippen LogP contribution in [0.5, 0.6) is 5.75 Å². The number of methoxy groups -OCH3 is 1. The van der Waals surface area contributed by atoms with Gasteiger partial charge in [0.25, 0.3) is 0 Å². The van der Waals surface area contributed by atoms with E-state index in [0.29, 0.717) is 22.4 Å². The lowest BCUT2D eigenvalue weighted by Crippen LogP contribution is -2.26. The first-order valence-electron chi connectivity index (χ1n) is 9.11. The van der Waals surface area contributed by atoms with Crippen molar-refractivity contribution in [3.05, 3.63) is 52.1 Å². The Balaban J connectivity index is 2.09. The summed E-state index contributed by atoms with van der Waals surface area (Å²) >= 11 is 0. The molecule has 1 N–H and O–H groups in total. The predicted molar refractivity (Wildman–Crippen MR) is 103 cm³/mol. The van der Waals surface area contributed by atoms with E-state index in [1.807, 2.05) is 0 Å². The van der Waals surface area contributed by atoms with Gasteiger partial charge in [0.05, 0.1) is 31.4 Å². The van der Waals surface area contributed by atoms with E-state index in [1.165, 1.54) is 26.2 Å². The topological polar surface area (TPSA) is 94.7 Å². The van der Waals surface area contributed by atoms with Crippen molar-refractivity contribution in [2.75, 3.05) is 13.7 Å². The van der Waals surface area contributed by atoms with Gasteiger partial charge in [-0.3, -0.25) is 9.59 Å². The molecule has 1 aromatic heterocycles. The number of ketones is 1. The van der Waals surface area contributed by atoms with Gasteiger partial charge >= 0.3 is 11.9 Å². The number of aromatic nitrogens is 1. The zero-order valence-corrected chi connectivity index (χ0v) is 17.1. The molecule has 1 aromatic carbocycles. The number of aryl methyl sites for hydroxylation is 1. The molecule has 0 spiro atoms. The number of H-pyrrole nitrogens is 1. The third-order valence-corrected chi connectivity index (χ3v) is 4.41. The predicted octanol–water partition coefficient (Wildman–Crippen LogP) is 3.31. The van der Waals surface area contributed by atoms with E-state index in [0.717, 1.165) is 0 Å². The van der Waals surface area contributed by atoms with Gasteiger partial charge in [0.2, 0.25) is 5.78 Å². The van der Waals surface area contributed by atoms with Crippen molar-refractivity contribution >= 4 is 17.7 Å². The van der Waals surface area contributed by atoms with Gasteiger partial charge in [-0.25, -0.2) is 9.18 Å². The van der Waals surface area contributed by atoms with Crippen LogP contribution in [0.1, 0.15) is 51.5 Å². The molecule has 0 aliphatic heterocycles. The molecule has 0 aliphatic rings. The largest absolute Gasteiger partial charge is 0.494 e. The van der Waals surface area contributed by atoms with E-state index in [9.17, 15) is 18.8 Å². The maximum atomic E-state index is 13.7. The molecule has 0 bridgehead atoms. The lowest BCUT2D eigenvalue weighted by atomic mass is 10.1. The minimum Gasteiger partial charge on any atom is -0.494 e. The lowest BCUT2D eigenvalue weighted by Gasteiger charge is -2.12.